The molecular formula is C21H27N5O. The van der Waals surface area contributed by atoms with Crippen LogP contribution >= 0.6 is 0 Å². The number of methoxy groups -OCH3 is 1. The predicted molar refractivity (Wildman–Crippen MR) is 105 cm³/mol. The number of benzene rings is 1. The van der Waals surface area contributed by atoms with Crippen molar-refractivity contribution in [3.63, 3.8) is 0 Å². The molecule has 142 valence electrons. The highest BCUT2D eigenvalue weighted by atomic mass is 16.5. The molecular weight excluding hydrogens is 338 g/mol. The molecule has 0 bridgehead atoms. The lowest BCUT2D eigenvalue weighted by molar-refractivity contribution is 0.184. The van der Waals surface area contributed by atoms with E-state index in [2.05, 4.69) is 56.5 Å². The molecule has 0 N–H and O–H groups in total. The zero-order chi connectivity index (χ0) is 18.6. The molecule has 0 unspecified atom stereocenters. The van der Waals surface area contributed by atoms with Gasteiger partial charge in [-0.2, -0.15) is 5.10 Å². The second kappa shape index (κ2) is 8.06. The van der Waals surface area contributed by atoms with Crippen LogP contribution in [0.2, 0.25) is 0 Å². The van der Waals surface area contributed by atoms with Crippen LogP contribution in [0.5, 0.6) is 0 Å². The molecule has 3 heterocycles. The summed E-state index contributed by atoms with van der Waals surface area (Å²) in [6.07, 6.45) is 5.93. The second-order valence-corrected chi connectivity index (χ2v) is 7.11. The monoisotopic (exact) mass is 365 g/mol. The number of fused-ring (bicyclic) bond motifs is 1. The lowest BCUT2D eigenvalue weighted by atomic mass is 10.0. The largest absolute Gasteiger partial charge is 0.383 e. The molecule has 6 nitrogen and oxygen atoms in total. The first-order valence-electron chi connectivity index (χ1n) is 9.56. The van der Waals surface area contributed by atoms with E-state index in [0.717, 1.165) is 44.7 Å². The Kier molecular flexibility index (Phi) is 5.36. The van der Waals surface area contributed by atoms with Gasteiger partial charge in [0.15, 0.2) is 0 Å². The summed E-state index contributed by atoms with van der Waals surface area (Å²) >= 11 is 0. The standard InChI is InChI=1S/C21H27N5O/c1-24-20-9-11-25(15-18-14-22-16-26(18)12-13-27-2)10-8-19(20)21(23-24)17-6-4-3-5-7-17/h3-7,14,16H,8-13,15H2,1-2H3. The molecule has 0 saturated heterocycles. The van der Waals surface area contributed by atoms with Crippen LogP contribution in [0.25, 0.3) is 11.3 Å². The summed E-state index contributed by atoms with van der Waals surface area (Å²) in [5, 5.41) is 4.82. The van der Waals surface area contributed by atoms with Crippen molar-refractivity contribution in [3.05, 3.63) is 59.8 Å². The van der Waals surface area contributed by atoms with Gasteiger partial charge in [0.05, 0.1) is 24.3 Å². The molecule has 0 aliphatic carbocycles. The molecule has 0 spiro atoms. The van der Waals surface area contributed by atoms with Gasteiger partial charge in [0.1, 0.15) is 0 Å². The average molecular weight is 365 g/mol. The first-order valence-corrected chi connectivity index (χ1v) is 9.56. The third-order valence-electron chi connectivity index (χ3n) is 5.39. The maximum Gasteiger partial charge on any atom is 0.0958 e. The lowest BCUT2D eigenvalue weighted by Crippen LogP contribution is -2.27. The van der Waals surface area contributed by atoms with Crippen LogP contribution in [0.4, 0.5) is 0 Å². The Hall–Kier alpha value is -2.44. The molecule has 0 radical (unpaired) electrons. The van der Waals surface area contributed by atoms with E-state index in [0.29, 0.717) is 6.61 Å². The van der Waals surface area contributed by atoms with E-state index in [9.17, 15) is 0 Å². The maximum absolute atomic E-state index is 5.21. The quantitative estimate of drug-likeness (QED) is 0.674. The molecule has 1 aliphatic rings. The van der Waals surface area contributed by atoms with Crippen molar-refractivity contribution in [2.45, 2.75) is 25.9 Å². The normalized spacial score (nSPS) is 14.9. The molecule has 2 aromatic heterocycles. The summed E-state index contributed by atoms with van der Waals surface area (Å²) < 4.78 is 9.47. The fraction of sp³-hybridized carbons (Fsp3) is 0.429. The van der Waals surface area contributed by atoms with Crippen molar-refractivity contribution in [2.75, 3.05) is 26.8 Å². The van der Waals surface area contributed by atoms with E-state index in [1.165, 1.54) is 22.5 Å². The SMILES string of the molecule is COCCn1cncc1CN1CCc2c(-c3ccccc3)nn(C)c2CC1. The van der Waals surface area contributed by atoms with E-state index in [1.54, 1.807) is 7.11 Å². The second-order valence-electron chi connectivity index (χ2n) is 7.11. The highest BCUT2D eigenvalue weighted by molar-refractivity contribution is 5.64. The highest BCUT2D eigenvalue weighted by Crippen LogP contribution is 2.28. The minimum Gasteiger partial charge on any atom is -0.383 e. The number of hydrogen-bond acceptors (Lipinski definition) is 4. The first-order chi connectivity index (χ1) is 13.3. The van der Waals surface area contributed by atoms with E-state index < -0.39 is 0 Å². The number of imidazole rings is 1. The third kappa shape index (κ3) is 3.82. The van der Waals surface area contributed by atoms with Gasteiger partial charge in [-0.15, -0.1) is 0 Å². The van der Waals surface area contributed by atoms with Crippen molar-refractivity contribution in [2.24, 2.45) is 7.05 Å². The topological polar surface area (TPSA) is 48.1 Å². The van der Waals surface area contributed by atoms with Gasteiger partial charge in [0, 0.05) is 69.8 Å². The Bertz CT molecular complexity index is 883. The van der Waals surface area contributed by atoms with Crippen molar-refractivity contribution >= 4 is 0 Å². The summed E-state index contributed by atoms with van der Waals surface area (Å²) in [7, 11) is 3.81. The van der Waals surface area contributed by atoms with E-state index in [4.69, 9.17) is 9.84 Å². The summed E-state index contributed by atoms with van der Waals surface area (Å²) in [5.41, 5.74) is 6.36. The highest BCUT2D eigenvalue weighted by Gasteiger charge is 2.22. The van der Waals surface area contributed by atoms with Gasteiger partial charge in [-0.05, 0) is 6.42 Å². The van der Waals surface area contributed by atoms with E-state index in [-0.39, 0.29) is 0 Å². The lowest BCUT2D eigenvalue weighted by Gasteiger charge is -2.20. The first kappa shape index (κ1) is 17.9. The van der Waals surface area contributed by atoms with Crippen molar-refractivity contribution < 1.29 is 4.74 Å². The Morgan fingerprint density at radius 3 is 2.74 bits per heavy atom. The van der Waals surface area contributed by atoms with E-state index >= 15 is 0 Å². The summed E-state index contributed by atoms with van der Waals surface area (Å²) in [5.74, 6) is 0. The van der Waals surface area contributed by atoms with Gasteiger partial charge in [-0.1, -0.05) is 30.3 Å². The van der Waals surface area contributed by atoms with Gasteiger partial charge in [0.25, 0.3) is 0 Å². The average Bonchev–Trinajstić information content (AvgIpc) is 3.19. The molecule has 4 rings (SSSR count). The molecule has 0 amide bonds. The molecule has 1 aliphatic heterocycles. The van der Waals surface area contributed by atoms with Crippen LogP contribution < -0.4 is 0 Å². The van der Waals surface area contributed by atoms with Crippen molar-refractivity contribution in [1.82, 2.24) is 24.2 Å². The Balaban J connectivity index is 1.50. The Morgan fingerprint density at radius 1 is 1.11 bits per heavy atom. The number of rotatable bonds is 6. The third-order valence-corrected chi connectivity index (χ3v) is 5.39. The van der Waals surface area contributed by atoms with Crippen LogP contribution in [0.3, 0.4) is 0 Å². The van der Waals surface area contributed by atoms with Crippen LogP contribution in [-0.2, 0) is 37.7 Å². The molecule has 0 atom stereocenters. The van der Waals surface area contributed by atoms with Crippen molar-refractivity contribution in [1.29, 1.82) is 0 Å². The molecule has 27 heavy (non-hydrogen) atoms. The maximum atomic E-state index is 5.21. The zero-order valence-corrected chi connectivity index (χ0v) is 16.1. The van der Waals surface area contributed by atoms with Gasteiger partial charge in [0.2, 0.25) is 0 Å². The smallest absolute Gasteiger partial charge is 0.0958 e. The van der Waals surface area contributed by atoms with Gasteiger partial charge in [-0.3, -0.25) is 9.58 Å². The molecule has 3 aromatic rings. The summed E-state index contributed by atoms with van der Waals surface area (Å²) in [6, 6.07) is 10.5. The molecule has 0 saturated carbocycles. The van der Waals surface area contributed by atoms with Gasteiger partial charge >= 0.3 is 0 Å². The van der Waals surface area contributed by atoms with Crippen LogP contribution in [0, 0.1) is 0 Å². The molecule has 1 aromatic carbocycles. The Morgan fingerprint density at radius 2 is 1.93 bits per heavy atom. The number of nitrogens with zero attached hydrogens (tertiary/aromatic N) is 5. The minimum atomic E-state index is 0.709. The molecule has 0 fully saturated rings. The van der Waals surface area contributed by atoms with Crippen molar-refractivity contribution in [3.8, 4) is 11.3 Å². The molecule has 6 heteroatoms. The van der Waals surface area contributed by atoms with Gasteiger partial charge < -0.3 is 9.30 Å². The summed E-state index contributed by atoms with van der Waals surface area (Å²) in [6.45, 7) is 4.55. The van der Waals surface area contributed by atoms with Crippen LogP contribution in [0.1, 0.15) is 17.0 Å². The van der Waals surface area contributed by atoms with Crippen LogP contribution in [-0.4, -0.2) is 51.0 Å². The number of hydrogen-bond donors (Lipinski definition) is 0. The zero-order valence-electron chi connectivity index (χ0n) is 16.1. The van der Waals surface area contributed by atoms with E-state index in [1.807, 2.05) is 12.5 Å². The Labute approximate surface area is 160 Å². The summed E-state index contributed by atoms with van der Waals surface area (Å²) in [4.78, 5) is 6.85. The fourth-order valence-electron chi connectivity index (χ4n) is 3.91. The fourth-order valence-corrected chi connectivity index (χ4v) is 3.91. The van der Waals surface area contributed by atoms with Gasteiger partial charge in [-0.25, -0.2) is 4.98 Å². The number of aromatic nitrogens is 4. The predicted octanol–water partition coefficient (Wildman–Crippen LogP) is 2.53. The minimum absolute atomic E-state index is 0.709. The number of ether oxygens (including phenoxy) is 1. The van der Waals surface area contributed by atoms with Crippen LogP contribution in [0.15, 0.2) is 42.9 Å². The number of aryl methyl sites for hydroxylation is 1.